The molecule has 0 aliphatic carbocycles. The number of unbranched alkanes of at least 4 members (excludes halogenated alkanes) is 5. The summed E-state index contributed by atoms with van der Waals surface area (Å²) in [6, 6.07) is 0. The van der Waals surface area contributed by atoms with Crippen LogP contribution in [-0.2, 0) is 48.7 Å². The fourth-order valence-corrected chi connectivity index (χ4v) is 3.57. The zero-order valence-corrected chi connectivity index (χ0v) is 23.7. The third-order valence-corrected chi connectivity index (χ3v) is 5.65. The number of carbonyl (C=O) groups is 2. The van der Waals surface area contributed by atoms with Gasteiger partial charge in [0, 0.05) is 50.2 Å². The van der Waals surface area contributed by atoms with Crippen LogP contribution in [0.25, 0.3) is 0 Å². The predicted molar refractivity (Wildman–Crippen MR) is 126 cm³/mol. The minimum Gasteiger partial charge on any atom is -0.428 e. The van der Waals surface area contributed by atoms with E-state index in [4.69, 9.17) is 5.11 Å². The van der Waals surface area contributed by atoms with Crippen LogP contribution in [0.5, 0.6) is 0 Å². The molecule has 183 valence electrons. The van der Waals surface area contributed by atoms with E-state index in [1.54, 1.807) is 13.8 Å². The Morgan fingerprint density at radius 3 is 1.94 bits per heavy atom. The first-order valence-electron chi connectivity index (χ1n) is 12.0. The van der Waals surface area contributed by atoms with E-state index >= 15 is 0 Å². The Kier molecular flexibility index (Phi) is 23.3. The number of carbonyl (C=O) groups excluding carboxylic acids is 2. The van der Waals surface area contributed by atoms with Crippen LogP contribution < -0.4 is 0 Å². The van der Waals surface area contributed by atoms with Gasteiger partial charge in [-0.25, -0.2) is 0 Å². The first-order valence-corrected chi connectivity index (χ1v) is 12.0. The van der Waals surface area contributed by atoms with Gasteiger partial charge in [0.25, 0.3) is 0 Å². The fraction of sp³-hybridized carbons (Fsp3) is 0.760. The molecule has 0 aliphatic heterocycles. The molecule has 0 aromatic carbocycles. The number of nitrogens with zero attached hydrogens (tertiary/aromatic N) is 3. The molecule has 0 amide bonds. The minimum absolute atomic E-state index is 0. The van der Waals surface area contributed by atoms with Crippen LogP contribution >= 0.6 is 0 Å². The number of ketones is 2. The second-order valence-electron chi connectivity index (χ2n) is 8.44. The molecule has 1 aromatic heterocycles. The van der Waals surface area contributed by atoms with Gasteiger partial charge in [0.2, 0.25) is 0 Å². The van der Waals surface area contributed by atoms with Crippen LogP contribution in [0.4, 0.5) is 0 Å². The van der Waals surface area contributed by atoms with Gasteiger partial charge < -0.3 is 16.2 Å². The van der Waals surface area contributed by atoms with Crippen molar-refractivity contribution in [2.24, 2.45) is 11.8 Å². The summed E-state index contributed by atoms with van der Waals surface area (Å²) in [5, 5.41) is 16.4. The normalized spacial score (nSPS) is 12.3. The molecule has 2 atom stereocenters. The van der Waals surface area contributed by atoms with Crippen molar-refractivity contribution >= 4 is 11.6 Å². The molecule has 32 heavy (non-hydrogen) atoms. The largest absolute Gasteiger partial charge is 0.428 e. The second kappa shape index (κ2) is 22.2. The van der Waals surface area contributed by atoms with Crippen LogP contribution in [0.2, 0.25) is 0 Å². The van der Waals surface area contributed by atoms with Crippen molar-refractivity contribution in [1.82, 2.24) is 15.0 Å². The van der Waals surface area contributed by atoms with Gasteiger partial charge in [-0.3, -0.25) is 9.59 Å². The topological polar surface area (TPSA) is 85.1 Å². The first kappa shape index (κ1) is 33.6. The summed E-state index contributed by atoms with van der Waals surface area (Å²) in [7, 11) is 3.64. The van der Waals surface area contributed by atoms with E-state index in [9.17, 15) is 9.59 Å². The van der Waals surface area contributed by atoms with Gasteiger partial charge in [0.15, 0.2) is 0 Å². The number of aliphatic hydroxyl groups is 1. The summed E-state index contributed by atoms with van der Waals surface area (Å²) in [5.74, 6) is 0.983. The van der Waals surface area contributed by atoms with Crippen LogP contribution in [0.3, 0.4) is 0 Å². The van der Waals surface area contributed by atoms with Crippen molar-refractivity contribution in [2.45, 2.75) is 105 Å². The molecule has 7 heteroatoms. The number of hydrogen-bond donors (Lipinski definition) is 1. The Balaban J connectivity index is 0. The molecule has 0 saturated carbocycles. The Morgan fingerprint density at radius 2 is 1.53 bits per heavy atom. The average molecular weight is 525 g/mol. The summed E-state index contributed by atoms with van der Waals surface area (Å²) >= 11 is 0. The van der Waals surface area contributed by atoms with E-state index in [0.717, 1.165) is 57.1 Å². The third-order valence-electron chi connectivity index (χ3n) is 5.65. The number of aliphatic hydroxyl groups excluding tert-OH is 1. The van der Waals surface area contributed by atoms with Crippen LogP contribution in [0, 0.1) is 25.3 Å². The Morgan fingerprint density at radius 1 is 1.00 bits per heavy atom. The van der Waals surface area contributed by atoms with Crippen LogP contribution in [0.15, 0.2) is 6.20 Å². The van der Waals surface area contributed by atoms with Crippen LogP contribution in [-0.4, -0.2) is 38.3 Å². The molecule has 0 fully saturated rings. The maximum absolute atomic E-state index is 11.5. The van der Waals surface area contributed by atoms with E-state index in [0.29, 0.717) is 11.6 Å². The minimum atomic E-state index is 0. The van der Waals surface area contributed by atoms with Crippen molar-refractivity contribution < 1.29 is 47.4 Å². The molecular formula is C25H45N3O3Y-2. The molecule has 1 rings (SSSR count). The zero-order valence-electron chi connectivity index (χ0n) is 20.9. The number of hydrogen-bond acceptors (Lipinski definition) is 5. The quantitative estimate of drug-likeness (QED) is 0.218. The van der Waals surface area contributed by atoms with Crippen molar-refractivity contribution in [2.75, 3.05) is 6.61 Å². The van der Waals surface area contributed by atoms with Crippen molar-refractivity contribution in [3.8, 4) is 0 Å². The first-order chi connectivity index (χ1) is 14.8. The summed E-state index contributed by atoms with van der Waals surface area (Å²) in [6.45, 7) is 7.83. The van der Waals surface area contributed by atoms with Gasteiger partial charge in [-0.05, 0) is 39.5 Å². The van der Waals surface area contributed by atoms with Gasteiger partial charge in [0.1, 0.15) is 11.6 Å². The third kappa shape index (κ3) is 17.9. The summed E-state index contributed by atoms with van der Waals surface area (Å²) in [5.41, 5.74) is 0.918. The number of aromatic nitrogens is 3. The van der Waals surface area contributed by atoms with Gasteiger partial charge in [-0.15, -0.1) is 5.21 Å². The van der Waals surface area contributed by atoms with Gasteiger partial charge in [-0.2, -0.15) is 18.6 Å². The van der Waals surface area contributed by atoms with E-state index in [1.165, 1.54) is 30.4 Å². The molecule has 2 unspecified atom stereocenters. The molecule has 0 aliphatic rings. The second-order valence-corrected chi connectivity index (χ2v) is 8.44. The maximum atomic E-state index is 11.5. The Hall–Kier alpha value is -0.586. The monoisotopic (exact) mass is 524 g/mol. The molecule has 6 nitrogen and oxygen atoms in total. The molecule has 1 N–H and O–H groups in total. The van der Waals surface area contributed by atoms with E-state index < -0.39 is 0 Å². The molecule has 1 radical (unpaired) electrons. The average Bonchev–Trinajstić information content (AvgIpc) is 3.15. The summed E-state index contributed by atoms with van der Waals surface area (Å²) in [4.78, 5) is 22.8. The fourth-order valence-electron chi connectivity index (χ4n) is 3.57. The molecule has 1 aromatic rings. The van der Waals surface area contributed by atoms with Gasteiger partial charge in [-0.1, -0.05) is 71.6 Å². The smallest absolute Gasteiger partial charge is 0.132 e. The van der Waals surface area contributed by atoms with Crippen molar-refractivity contribution in [1.29, 1.82) is 0 Å². The van der Waals surface area contributed by atoms with E-state index in [1.807, 2.05) is 12.6 Å². The molecular weight excluding hydrogens is 479 g/mol. The van der Waals surface area contributed by atoms with Gasteiger partial charge in [0.05, 0.1) is 0 Å². The van der Waals surface area contributed by atoms with Crippen LogP contribution in [0.1, 0.15) is 104 Å². The summed E-state index contributed by atoms with van der Waals surface area (Å²) < 4.78 is 1.45. The zero-order chi connectivity index (χ0) is 23.5. The molecule has 0 bridgehead atoms. The number of aryl methyl sites for hydroxylation is 1. The Bertz CT molecular complexity index is 583. The Labute approximate surface area is 221 Å². The standard InChI is InChI=1S/C13H22N3O.C12H23O2.Y/c1-4-5-6-7-12(11(2)17)8-9-13-10-16(3)15-14-13;1-3-4-5-8-12(11(2)14)9-6-7-10-13;/h10,12H,3-9H2,1-2H3;7,12-13H,3-6,8-10H2,1-2H3;/q2*-1;. The SMILES string of the molecule is CCCCCC(CC[CH-]CO)C(C)=O.[CH2-]n1cc(CCC(CCCCC)C(C)=O)nn1.[Y]. The molecule has 0 spiro atoms. The van der Waals surface area contributed by atoms with Crippen molar-refractivity contribution in [3.05, 3.63) is 25.4 Å². The summed E-state index contributed by atoms with van der Waals surface area (Å²) in [6.07, 6.45) is 16.2. The van der Waals surface area contributed by atoms with Crippen molar-refractivity contribution in [3.63, 3.8) is 0 Å². The molecule has 1 heterocycles. The number of Topliss-reactive ketones (excluding diaryl/α,β-unsaturated/α-hetero) is 2. The molecule has 0 saturated heterocycles. The van der Waals surface area contributed by atoms with E-state index in [2.05, 4.69) is 31.2 Å². The van der Waals surface area contributed by atoms with Gasteiger partial charge >= 0.3 is 0 Å². The van der Waals surface area contributed by atoms with E-state index in [-0.39, 0.29) is 51.2 Å². The maximum Gasteiger partial charge on any atom is 0.132 e. The predicted octanol–water partition coefficient (Wildman–Crippen LogP) is 5.38. The number of rotatable bonds is 17.